The van der Waals surface area contributed by atoms with E-state index in [0.717, 1.165) is 16.8 Å². The van der Waals surface area contributed by atoms with E-state index in [1.165, 1.54) is 0 Å². The summed E-state index contributed by atoms with van der Waals surface area (Å²) in [6.07, 6.45) is 0.267. The molecule has 4 heteroatoms. The van der Waals surface area contributed by atoms with E-state index in [0.29, 0.717) is 12.5 Å². The summed E-state index contributed by atoms with van der Waals surface area (Å²) in [5.74, 6) is 0.222. The molecule has 0 fully saturated rings. The molecule has 0 heterocycles. The third-order valence-electron chi connectivity index (χ3n) is 4.59. The molecule has 0 saturated heterocycles. The van der Waals surface area contributed by atoms with Crippen molar-refractivity contribution in [2.45, 2.75) is 46.1 Å². The highest BCUT2D eigenvalue weighted by molar-refractivity contribution is 5.92. The number of anilines is 1. The Morgan fingerprint density at radius 3 is 2.19 bits per heavy atom. The first kappa shape index (κ1) is 19.7. The van der Waals surface area contributed by atoms with Crippen LogP contribution in [0, 0.1) is 0 Å². The number of carbonyl (C=O) groups is 2. The van der Waals surface area contributed by atoms with Crippen LogP contribution in [-0.4, -0.2) is 23.3 Å². The Labute approximate surface area is 156 Å². The summed E-state index contributed by atoms with van der Waals surface area (Å²) in [5, 5.41) is 2.99. The fourth-order valence-electron chi connectivity index (χ4n) is 3.08. The summed E-state index contributed by atoms with van der Waals surface area (Å²) in [6.45, 7) is 8.13. The van der Waals surface area contributed by atoms with Crippen molar-refractivity contribution in [3.63, 3.8) is 0 Å². The monoisotopic (exact) mass is 352 g/mol. The SMILES string of the molecule is CC(=O)N(CCC(=O)Nc1ccccc1C(C)C)C(C)c1ccccc1. The predicted molar refractivity (Wildman–Crippen MR) is 106 cm³/mol. The molecule has 0 aliphatic rings. The minimum absolute atomic E-state index is 0.0308. The molecule has 2 aromatic carbocycles. The number of hydrogen-bond acceptors (Lipinski definition) is 2. The van der Waals surface area contributed by atoms with Crippen LogP contribution in [0.25, 0.3) is 0 Å². The maximum absolute atomic E-state index is 12.4. The van der Waals surface area contributed by atoms with Gasteiger partial charge in [0.2, 0.25) is 11.8 Å². The third kappa shape index (κ3) is 5.19. The highest BCUT2D eigenvalue weighted by Crippen LogP contribution is 2.24. The summed E-state index contributed by atoms with van der Waals surface area (Å²) in [6, 6.07) is 17.6. The van der Waals surface area contributed by atoms with Crippen LogP contribution in [0.2, 0.25) is 0 Å². The minimum atomic E-state index is -0.0791. The van der Waals surface area contributed by atoms with E-state index in [-0.39, 0.29) is 24.3 Å². The maximum atomic E-state index is 12.4. The van der Waals surface area contributed by atoms with E-state index < -0.39 is 0 Å². The quantitative estimate of drug-likeness (QED) is 0.782. The lowest BCUT2D eigenvalue weighted by Gasteiger charge is -2.28. The molecule has 1 atom stereocenters. The van der Waals surface area contributed by atoms with Gasteiger partial charge < -0.3 is 10.2 Å². The average molecular weight is 352 g/mol. The van der Waals surface area contributed by atoms with Gasteiger partial charge in [0.15, 0.2) is 0 Å². The van der Waals surface area contributed by atoms with E-state index in [4.69, 9.17) is 0 Å². The van der Waals surface area contributed by atoms with Gasteiger partial charge in [-0.05, 0) is 30.0 Å². The van der Waals surface area contributed by atoms with Gasteiger partial charge >= 0.3 is 0 Å². The lowest BCUT2D eigenvalue weighted by molar-refractivity contribution is -0.131. The Morgan fingerprint density at radius 2 is 1.58 bits per heavy atom. The van der Waals surface area contributed by atoms with Crippen molar-refractivity contribution in [3.8, 4) is 0 Å². The van der Waals surface area contributed by atoms with Crippen LogP contribution in [0.3, 0.4) is 0 Å². The number of carbonyl (C=O) groups excluding carboxylic acids is 2. The molecule has 2 rings (SSSR count). The van der Waals surface area contributed by atoms with E-state index in [9.17, 15) is 9.59 Å². The Morgan fingerprint density at radius 1 is 0.962 bits per heavy atom. The average Bonchev–Trinajstić information content (AvgIpc) is 2.62. The molecule has 0 bridgehead atoms. The second kappa shape index (κ2) is 9.18. The highest BCUT2D eigenvalue weighted by atomic mass is 16.2. The standard InChI is InChI=1S/C22H28N2O2/c1-16(2)20-12-8-9-13-21(20)23-22(26)14-15-24(18(4)25)17(3)19-10-6-5-7-11-19/h5-13,16-17H,14-15H2,1-4H3,(H,23,26). The Bertz CT molecular complexity index is 741. The van der Waals surface area contributed by atoms with E-state index in [1.54, 1.807) is 11.8 Å². The van der Waals surface area contributed by atoms with Gasteiger partial charge in [0.05, 0.1) is 6.04 Å². The molecule has 2 amide bonds. The van der Waals surface area contributed by atoms with Crippen molar-refractivity contribution in [1.82, 2.24) is 4.90 Å². The number of nitrogens with one attached hydrogen (secondary N) is 1. The lowest BCUT2D eigenvalue weighted by Crippen LogP contribution is -2.34. The number of para-hydroxylation sites is 1. The van der Waals surface area contributed by atoms with Gasteiger partial charge in [0, 0.05) is 25.6 Å². The first-order valence-electron chi connectivity index (χ1n) is 9.11. The zero-order valence-corrected chi connectivity index (χ0v) is 16.0. The molecular formula is C22H28N2O2. The van der Waals surface area contributed by atoms with Gasteiger partial charge in [-0.2, -0.15) is 0 Å². The van der Waals surface area contributed by atoms with Crippen LogP contribution < -0.4 is 5.32 Å². The molecule has 26 heavy (non-hydrogen) atoms. The van der Waals surface area contributed by atoms with Gasteiger partial charge in [0.25, 0.3) is 0 Å². The Kier molecular flexibility index (Phi) is 6.96. The van der Waals surface area contributed by atoms with Crippen molar-refractivity contribution in [1.29, 1.82) is 0 Å². The van der Waals surface area contributed by atoms with Crippen LogP contribution in [0.5, 0.6) is 0 Å². The number of hydrogen-bond donors (Lipinski definition) is 1. The Hall–Kier alpha value is -2.62. The van der Waals surface area contributed by atoms with Gasteiger partial charge in [-0.3, -0.25) is 9.59 Å². The molecule has 0 radical (unpaired) electrons. The topological polar surface area (TPSA) is 49.4 Å². The molecule has 2 aromatic rings. The second-order valence-corrected chi connectivity index (χ2v) is 6.84. The van der Waals surface area contributed by atoms with Gasteiger partial charge in [-0.1, -0.05) is 62.4 Å². The molecular weight excluding hydrogens is 324 g/mol. The van der Waals surface area contributed by atoms with Crippen molar-refractivity contribution in [3.05, 3.63) is 65.7 Å². The molecule has 4 nitrogen and oxygen atoms in total. The van der Waals surface area contributed by atoms with Gasteiger partial charge in [-0.25, -0.2) is 0 Å². The molecule has 1 N–H and O–H groups in total. The molecule has 0 aliphatic heterocycles. The van der Waals surface area contributed by atoms with Crippen LogP contribution in [0.1, 0.15) is 57.2 Å². The molecule has 0 spiro atoms. The minimum Gasteiger partial charge on any atom is -0.336 e. The highest BCUT2D eigenvalue weighted by Gasteiger charge is 2.19. The van der Waals surface area contributed by atoms with Gasteiger partial charge in [-0.15, -0.1) is 0 Å². The van der Waals surface area contributed by atoms with Crippen LogP contribution in [0.4, 0.5) is 5.69 Å². The maximum Gasteiger partial charge on any atom is 0.226 e. The predicted octanol–water partition coefficient (Wildman–Crippen LogP) is 4.75. The summed E-state index contributed by atoms with van der Waals surface area (Å²) < 4.78 is 0. The fourth-order valence-corrected chi connectivity index (χ4v) is 3.08. The van der Waals surface area contributed by atoms with E-state index in [2.05, 4.69) is 19.2 Å². The molecule has 1 unspecified atom stereocenters. The molecule has 0 saturated carbocycles. The van der Waals surface area contributed by atoms with Gasteiger partial charge in [0.1, 0.15) is 0 Å². The zero-order chi connectivity index (χ0) is 19.1. The number of amides is 2. The van der Waals surface area contributed by atoms with Crippen LogP contribution in [-0.2, 0) is 9.59 Å². The fraction of sp³-hybridized carbons (Fsp3) is 0.364. The second-order valence-electron chi connectivity index (χ2n) is 6.84. The van der Waals surface area contributed by atoms with Crippen LogP contribution in [0.15, 0.2) is 54.6 Å². The zero-order valence-electron chi connectivity index (χ0n) is 16.0. The Balaban J connectivity index is 2.01. The van der Waals surface area contributed by atoms with Crippen molar-refractivity contribution < 1.29 is 9.59 Å². The van der Waals surface area contributed by atoms with Crippen molar-refractivity contribution in [2.24, 2.45) is 0 Å². The lowest BCUT2D eigenvalue weighted by atomic mass is 10.0. The van der Waals surface area contributed by atoms with E-state index in [1.807, 2.05) is 61.5 Å². The van der Waals surface area contributed by atoms with Crippen molar-refractivity contribution in [2.75, 3.05) is 11.9 Å². The first-order chi connectivity index (χ1) is 12.4. The van der Waals surface area contributed by atoms with Crippen molar-refractivity contribution >= 4 is 17.5 Å². The number of nitrogens with zero attached hydrogens (tertiary/aromatic N) is 1. The number of rotatable bonds is 7. The largest absolute Gasteiger partial charge is 0.336 e. The number of benzene rings is 2. The summed E-state index contributed by atoms with van der Waals surface area (Å²) in [7, 11) is 0. The summed E-state index contributed by atoms with van der Waals surface area (Å²) in [5.41, 5.74) is 3.02. The normalized spacial score (nSPS) is 11.9. The smallest absolute Gasteiger partial charge is 0.226 e. The van der Waals surface area contributed by atoms with E-state index >= 15 is 0 Å². The van der Waals surface area contributed by atoms with Crippen LogP contribution >= 0.6 is 0 Å². The molecule has 0 aromatic heterocycles. The first-order valence-corrected chi connectivity index (χ1v) is 9.11. The summed E-state index contributed by atoms with van der Waals surface area (Å²) in [4.78, 5) is 26.2. The summed E-state index contributed by atoms with van der Waals surface area (Å²) >= 11 is 0. The third-order valence-corrected chi connectivity index (χ3v) is 4.59. The molecule has 138 valence electrons. The molecule has 0 aliphatic carbocycles.